The molecule has 2 aromatic rings. The third-order valence-electron chi connectivity index (χ3n) is 4.03. The predicted molar refractivity (Wildman–Crippen MR) is 78.1 cm³/mol. The van der Waals surface area contributed by atoms with Crippen molar-refractivity contribution >= 4 is 11.6 Å². The highest BCUT2D eigenvalue weighted by atomic mass is 16.5. The normalized spacial score (nSPS) is 19.5. The molecule has 0 bridgehead atoms. The molecule has 0 aliphatic carbocycles. The maximum Gasteiger partial charge on any atom is 0.338 e. The summed E-state index contributed by atoms with van der Waals surface area (Å²) in [5.41, 5.74) is 1.18. The van der Waals surface area contributed by atoms with E-state index in [1.54, 1.807) is 22.8 Å². The van der Waals surface area contributed by atoms with E-state index in [1.165, 1.54) is 13.5 Å². The second kappa shape index (κ2) is 5.44. The van der Waals surface area contributed by atoms with Crippen molar-refractivity contribution in [3.05, 3.63) is 29.7 Å². The fourth-order valence-corrected chi connectivity index (χ4v) is 2.97. The van der Waals surface area contributed by atoms with Crippen molar-refractivity contribution in [3.8, 4) is 0 Å². The maximum absolute atomic E-state index is 11.6. The lowest BCUT2D eigenvalue weighted by Gasteiger charge is -2.25. The predicted octanol–water partition coefficient (Wildman–Crippen LogP) is 2.06. The Kier molecular flexibility index (Phi) is 3.63. The minimum atomic E-state index is -0.355. The number of esters is 1. The smallest absolute Gasteiger partial charge is 0.338 e. The van der Waals surface area contributed by atoms with Gasteiger partial charge in [0.1, 0.15) is 0 Å². The summed E-state index contributed by atoms with van der Waals surface area (Å²) < 4.78 is 6.46. The Hall–Kier alpha value is -1.95. The summed E-state index contributed by atoms with van der Waals surface area (Å²) in [6.07, 6.45) is 4.01. The zero-order chi connectivity index (χ0) is 15.0. The third kappa shape index (κ3) is 2.51. The number of pyridine rings is 1. The van der Waals surface area contributed by atoms with Crippen LogP contribution in [-0.4, -0.2) is 45.2 Å². The molecule has 0 radical (unpaired) electrons. The molecule has 1 aliphatic heterocycles. The van der Waals surface area contributed by atoms with Gasteiger partial charge in [0, 0.05) is 12.2 Å². The van der Waals surface area contributed by atoms with Crippen LogP contribution in [0.1, 0.15) is 48.9 Å². The Labute approximate surface area is 123 Å². The van der Waals surface area contributed by atoms with E-state index < -0.39 is 0 Å². The average molecular weight is 288 g/mol. The van der Waals surface area contributed by atoms with Crippen LogP contribution in [0, 0.1) is 0 Å². The van der Waals surface area contributed by atoms with Crippen LogP contribution in [0.5, 0.6) is 0 Å². The second-order valence-electron chi connectivity index (χ2n) is 5.67. The lowest BCUT2D eigenvalue weighted by atomic mass is 10.2. The van der Waals surface area contributed by atoms with Gasteiger partial charge >= 0.3 is 5.97 Å². The van der Waals surface area contributed by atoms with Crippen molar-refractivity contribution in [1.82, 2.24) is 19.5 Å². The van der Waals surface area contributed by atoms with Crippen LogP contribution in [0.15, 0.2) is 18.3 Å². The molecule has 21 heavy (non-hydrogen) atoms. The van der Waals surface area contributed by atoms with Crippen molar-refractivity contribution in [2.24, 2.45) is 0 Å². The molecule has 6 heteroatoms. The van der Waals surface area contributed by atoms with Crippen molar-refractivity contribution in [1.29, 1.82) is 0 Å². The topological polar surface area (TPSA) is 59.7 Å². The number of likely N-dealkylation sites (tertiary alicyclic amines) is 1. The van der Waals surface area contributed by atoms with E-state index >= 15 is 0 Å². The summed E-state index contributed by atoms with van der Waals surface area (Å²) >= 11 is 0. The quantitative estimate of drug-likeness (QED) is 0.809. The minimum absolute atomic E-state index is 0.270. The first-order chi connectivity index (χ1) is 10.1. The number of rotatable bonds is 3. The Balaban J connectivity index is 1.95. The number of hydrogen-bond donors (Lipinski definition) is 0. The Morgan fingerprint density at radius 1 is 1.48 bits per heavy atom. The highest BCUT2D eigenvalue weighted by Crippen LogP contribution is 2.31. The fourth-order valence-electron chi connectivity index (χ4n) is 2.97. The van der Waals surface area contributed by atoms with Gasteiger partial charge in [0.05, 0.1) is 18.7 Å². The SMILES string of the molecule is COC(=O)c1ccn2nc(C3CCCN3C(C)C)nc2c1. The number of fused-ring (bicyclic) bond motifs is 1. The summed E-state index contributed by atoms with van der Waals surface area (Å²) in [5.74, 6) is 0.481. The molecular formula is C15H20N4O2. The lowest BCUT2D eigenvalue weighted by molar-refractivity contribution is 0.0600. The molecular weight excluding hydrogens is 268 g/mol. The van der Waals surface area contributed by atoms with Crippen LogP contribution in [0.25, 0.3) is 5.65 Å². The highest BCUT2D eigenvalue weighted by molar-refractivity contribution is 5.90. The molecule has 6 nitrogen and oxygen atoms in total. The van der Waals surface area contributed by atoms with Crippen molar-refractivity contribution in [2.75, 3.05) is 13.7 Å². The summed E-state index contributed by atoms with van der Waals surface area (Å²) in [7, 11) is 1.38. The monoisotopic (exact) mass is 288 g/mol. The zero-order valence-corrected chi connectivity index (χ0v) is 12.6. The summed E-state index contributed by atoms with van der Waals surface area (Å²) in [6.45, 7) is 5.48. The van der Waals surface area contributed by atoms with Gasteiger partial charge in [-0.25, -0.2) is 14.3 Å². The molecule has 1 unspecified atom stereocenters. The number of ether oxygens (including phenoxy) is 1. The molecule has 1 atom stereocenters. The molecule has 1 saturated heterocycles. The van der Waals surface area contributed by atoms with Gasteiger partial charge in [-0.3, -0.25) is 4.90 Å². The zero-order valence-electron chi connectivity index (χ0n) is 12.6. The molecule has 3 rings (SSSR count). The van der Waals surface area contributed by atoms with Gasteiger partial charge in [0.25, 0.3) is 0 Å². The average Bonchev–Trinajstić information content (AvgIpc) is 3.11. The maximum atomic E-state index is 11.6. The second-order valence-corrected chi connectivity index (χ2v) is 5.67. The number of carbonyl (C=O) groups excluding carboxylic acids is 1. The first-order valence-corrected chi connectivity index (χ1v) is 7.30. The van der Waals surface area contributed by atoms with Crippen LogP contribution in [0.3, 0.4) is 0 Å². The van der Waals surface area contributed by atoms with Gasteiger partial charge in [-0.2, -0.15) is 0 Å². The molecule has 1 aliphatic rings. The van der Waals surface area contributed by atoms with Gasteiger partial charge in [0.2, 0.25) is 0 Å². The molecule has 3 heterocycles. The Morgan fingerprint density at radius 3 is 3.00 bits per heavy atom. The Bertz CT molecular complexity index is 665. The van der Waals surface area contributed by atoms with Crippen LogP contribution >= 0.6 is 0 Å². The van der Waals surface area contributed by atoms with E-state index in [-0.39, 0.29) is 12.0 Å². The van der Waals surface area contributed by atoms with E-state index in [4.69, 9.17) is 4.74 Å². The Morgan fingerprint density at radius 2 is 2.29 bits per heavy atom. The molecule has 0 aromatic carbocycles. The van der Waals surface area contributed by atoms with Gasteiger partial charge < -0.3 is 4.74 Å². The number of aromatic nitrogens is 3. The largest absolute Gasteiger partial charge is 0.465 e. The van der Waals surface area contributed by atoms with Gasteiger partial charge in [-0.1, -0.05) is 0 Å². The molecule has 0 spiro atoms. The lowest BCUT2D eigenvalue weighted by Crippen LogP contribution is -2.30. The molecule has 0 saturated carbocycles. The first kappa shape index (κ1) is 14.0. The molecule has 1 fully saturated rings. The van der Waals surface area contributed by atoms with Crippen molar-refractivity contribution < 1.29 is 9.53 Å². The van der Waals surface area contributed by atoms with Gasteiger partial charge in [-0.05, 0) is 45.4 Å². The number of nitrogens with zero attached hydrogens (tertiary/aromatic N) is 4. The van der Waals surface area contributed by atoms with Crippen LogP contribution < -0.4 is 0 Å². The third-order valence-corrected chi connectivity index (χ3v) is 4.03. The van der Waals surface area contributed by atoms with Gasteiger partial charge in [0.15, 0.2) is 11.5 Å². The van der Waals surface area contributed by atoms with Crippen LogP contribution in [0.2, 0.25) is 0 Å². The van der Waals surface area contributed by atoms with E-state index in [0.717, 1.165) is 18.8 Å². The number of methoxy groups -OCH3 is 1. The summed E-state index contributed by atoms with van der Waals surface area (Å²) in [4.78, 5) is 18.6. The van der Waals surface area contributed by atoms with E-state index in [0.29, 0.717) is 17.3 Å². The van der Waals surface area contributed by atoms with Crippen LogP contribution in [-0.2, 0) is 4.74 Å². The number of hydrogen-bond acceptors (Lipinski definition) is 5. The van der Waals surface area contributed by atoms with E-state index in [1.807, 2.05) is 0 Å². The molecule has 0 N–H and O–H groups in total. The molecule has 0 amide bonds. The minimum Gasteiger partial charge on any atom is -0.465 e. The summed E-state index contributed by atoms with van der Waals surface area (Å²) in [6, 6.07) is 4.17. The molecule has 112 valence electrons. The van der Waals surface area contributed by atoms with Crippen molar-refractivity contribution in [3.63, 3.8) is 0 Å². The first-order valence-electron chi connectivity index (χ1n) is 7.30. The number of carbonyl (C=O) groups is 1. The van der Waals surface area contributed by atoms with Gasteiger partial charge in [-0.15, -0.1) is 5.10 Å². The van der Waals surface area contributed by atoms with Crippen molar-refractivity contribution in [2.45, 2.75) is 38.8 Å². The standard InChI is InChI=1S/C15H20N4O2/c1-10(2)18-7-4-5-12(18)14-16-13-9-11(15(20)21-3)6-8-19(13)17-14/h6,8-10,12H,4-5,7H2,1-3H3. The molecule has 2 aromatic heterocycles. The summed E-state index contributed by atoms with van der Waals surface area (Å²) in [5, 5.41) is 4.57. The van der Waals surface area contributed by atoms with E-state index in [2.05, 4.69) is 28.8 Å². The van der Waals surface area contributed by atoms with E-state index in [9.17, 15) is 4.79 Å². The van der Waals surface area contributed by atoms with Crippen LogP contribution in [0.4, 0.5) is 0 Å². The highest BCUT2D eigenvalue weighted by Gasteiger charge is 2.30. The fraction of sp³-hybridized carbons (Fsp3) is 0.533.